The molecule has 0 amide bonds. The van der Waals surface area contributed by atoms with Crippen LogP contribution in [0.2, 0.25) is 0 Å². The highest BCUT2D eigenvalue weighted by molar-refractivity contribution is 5.92. The molecule has 0 saturated carbocycles. The topological polar surface area (TPSA) is 114 Å². The molecule has 0 unspecified atom stereocenters. The molecule has 0 aliphatic heterocycles. The van der Waals surface area contributed by atoms with Crippen molar-refractivity contribution in [2.75, 3.05) is 0 Å². The number of carboxylic acid groups (broad SMARTS) is 2. The van der Waals surface area contributed by atoms with E-state index in [0.717, 1.165) is 6.07 Å². The predicted molar refractivity (Wildman–Crippen MR) is 43.7 cm³/mol. The molecule has 5 heteroatoms. The van der Waals surface area contributed by atoms with Gasteiger partial charge in [-0.3, -0.25) is 0 Å². The molecule has 5 nitrogen and oxygen atoms in total. The van der Waals surface area contributed by atoms with Crippen molar-refractivity contribution in [3.05, 3.63) is 35.4 Å². The van der Waals surface area contributed by atoms with E-state index < -0.39 is 11.9 Å². The molecule has 0 spiro atoms. The van der Waals surface area contributed by atoms with E-state index in [4.69, 9.17) is 5.11 Å². The molecule has 0 aromatic heterocycles. The minimum atomic E-state index is -1.38. The smallest absolute Gasteiger partial charge is 0.335 e. The second-order valence-electron chi connectivity index (χ2n) is 2.17. The largest absolute Gasteiger partial charge is 0.545 e. The fraction of sp³-hybridized carbons (Fsp3) is 0. The Hall–Kier alpha value is -1.88. The first-order chi connectivity index (χ1) is 5.61. The van der Waals surface area contributed by atoms with Gasteiger partial charge in [0.25, 0.3) is 0 Å². The van der Waals surface area contributed by atoms with E-state index in [1.54, 1.807) is 0 Å². The van der Waals surface area contributed by atoms with Gasteiger partial charge in [0.1, 0.15) is 0 Å². The number of aromatic carboxylic acids is 2. The lowest BCUT2D eigenvalue weighted by Crippen LogP contribution is -2.22. The fourth-order valence-electron chi connectivity index (χ4n) is 0.779. The lowest BCUT2D eigenvalue weighted by atomic mass is 10.1. The van der Waals surface area contributed by atoms with Gasteiger partial charge in [-0.25, -0.2) is 4.79 Å². The maximum Gasteiger partial charge on any atom is 0.335 e. The van der Waals surface area contributed by atoms with Crippen LogP contribution in [-0.2, 0) is 0 Å². The highest BCUT2D eigenvalue weighted by Gasteiger charge is 2.02. The molecule has 0 aliphatic carbocycles. The molecule has 0 atom stereocenters. The lowest BCUT2D eigenvalue weighted by Gasteiger charge is -2.01. The molecule has 0 bridgehead atoms. The Labute approximate surface area is 74.2 Å². The van der Waals surface area contributed by atoms with Crippen molar-refractivity contribution in [3.63, 3.8) is 0 Å². The zero-order chi connectivity index (χ0) is 9.14. The Morgan fingerprint density at radius 3 is 2.23 bits per heavy atom. The van der Waals surface area contributed by atoms with Crippen LogP contribution in [0.4, 0.5) is 0 Å². The van der Waals surface area contributed by atoms with Crippen molar-refractivity contribution in [2.24, 2.45) is 0 Å². The van der Waals surface area contributed by atoms with E-state index in [9.17, 15) is 14.7 Å². The van der Waals surface area contributed by atoms with Gasteiger partial charge in [0.05, 0.1) is 11.5 Å². The number of hydrogen-bond donors (Lipinski definition) is 2. The Morgan fingerprint density at radius 2 is 1.77 bits per heavy atom. The first-order valence-electron chi connectivity index (χ1n) is 3.16. The van der Waals surface area contributed by atoms with E-state index in [2.05, 4.69) is 0 Å². The van der Waals surface area contributed by atoms with Crippen LogP contribution < -0.4 is 11.3 Å². The van der Waals surface area contributed by atoms with Crippen LogP contribution in [0, 0.1) is 0 Å². The highest BCUT2D eigenvalue weighted by atomic mass is 16.4. The van der Waals surface area contributed by atoms with Crippen molar-refractivity contribution in [3.8, 4) is 0 Å². The fourth-order valence-corrected chi connectivity index (χ4v) is 0.779. The maximum atomic E-state index is 10.4. The third kappa shape index (κ3) is 2.57. The highest BCUT2D eigenvalue weighted by Crippen LogP contribution is 2.03. The lowest BCUT2D eigenvalue weighted by molar-refractivity contribution is -0.255. The van der Waals surface area contributed by atoms with Crippen molar-refractivity contribution >= 4 is 11.9 Å². The standard InChI is InChI=1S/C8H6O4.H3N/c9-7(10)5-2-1-3-6(4-5)8(11)12;/h1-4H,(H,9,10)(H,11,12);1H3. The van der Waals surface area contributed by atoms with Crippen LogP contribution in [0.3, 0.4) is 0 Å². The molecule has 70 valence electrons. The molecule has 0 heterocycles. The van der Waals surface area contributed by atoms with Crippen LogP contribution in [0.5, 0.6) is 0 Å². The van der Waals surface area contributed by atoms with Gasteiger partial charge in [0.2, 0.25) is 0 Å². The summed E-state index contributed by atoms with van der Waals surface area (Å²) in [5, 5.41) is 18.7. The molecule has 1 aromatic rings. The minimum absolute atomic E-state index is 0. The Balaban J connectivity index is 0.00000144. The number of quaternary nitrogens is 1. The van der Waals surface area contributed by atoms with E-state index in [0.29, 0.717) is 0 Å². The van der Waals surface area contributed by atoms with Crippen LogP contribution in [0.25, 0.3) is 0 Å². The van der Waals surface area contributed by atoms with Gasteiger partial charge in [-0.15, -0.1) is 0 Å². The van der Waals surface area contributed by atoms with Gasteiger partial charge in [-0.05, 0) is 17.7 Å². The van der Waals surface area contributed by atoms with E-state index in [1.165, 1.54) is 18.2 Å². The first-order valence-corrected chi connectivity index (χ1v) is 3.16. The second-order valence-corrected chi connectivity index (χ2v) is 2.17. The van der Waals surface area contributed by atoms with Gasteiger partial charge in [-0.2, -0.15) is 0 Å². The average molecular weight is 183 g/mol. The van der Waals surface area contributed by atoms with Gasteiger partial charge in [-0.1, -0.05) is 12.1 Å². The second kappa shape index (κ2) is 4.22. The summed E-state index contributed by atoms with van der Waals surface area (Å²) >= 11 is 0. The average Bonchev–Trinajstić information content (AvgIpc) is 2.04. The molecule has 0 aliphatic rings. The van der Waals surface area contributed by atoms with E-state index >= 15 is 0 Å². The molecule has 0 fully saturated rings. The Bertz CT molecular complexity index is 305. The van der Waals surface area contributed by atoms with Crippen molar-refractivity contribution < 1.29 is 19.8 Å². The van der Waals surface area contributed by atoms with Crippen molar-refractivity contribution in [2.45, 2.75) is 0 Å². The Kier molecular flexibility index (Phi) is 3.61. The van der Waals surface area contributed by atoms with Gasteiger partial charge >= 0.3 is 5.97 Å². The number of carboxylic acids is 2. The minimum Gasteiger partial charge on any atom is -0.545 e. The molecular formula is C8H9NO4. The molecule has 0 radical (unpaired) electrons. The third-order valence-electron chi connectivity index (χ3n) is 1.35. The third-order valence-corrected chi connectivity index (χ3v) is 1.35. The number of hydrogen-bond acceptors (Lipinski definition) is 3. The number of carbonyl (C=O) groups is 2. The first kappa shape index (κ1) is 11.1. The molecular weight excluding hydrogens is 174 g/mol. The summed E-state index contributed by atoms with van der Waals surface area (Å²) in [5.41, 5.74) is -0.188. The van der Waals surface area contributed by atoms with Crippen LogP contribution in [0.15, 0.2) is 24.3 Å². The monoisotopic (exact) mass is 183 g/mol. The normalized spacial score (nSPS) is 8.62. The zero-order valence-corrected chi connectivity index (χ0v) is 6.98. The van der Waals surface area contributed by atoms with E-state index in [-0.39, 0.29) is 17.3 Å². The SMILES string of the molecule is O=C([O-])c1cccc(C(=O)O)c1.[NH4+]. The van der Waals surface area contributed by atoms with Crippen molar-refractivity contribution in [1.82, 2.24) is 6.15 Å². The van der Waals surface area contributed by atoms with Crippen molar-refractivity contribution in [1.29, 1.82) is 0 Å². The zero-order valence-electron chi connectivity index (χ0n) is 6.98. The summed E-state index contributed by atoms with van der Waals surface area (Å²) in [6.45, 7) is 0. The van der Waals surface area contributed by atoms with E-state index in [1.807, 2.05) is 0 Å². The van der Waals surface area contributed by atoms with Gasteiger partial charge in [0, 0.05) is 0 Å². The summed E-state index contributed by atoms with van der Waals surface area (Å²) in [5.74, 6) is -2.53. The quantitative estimate of drug-likeness (QED) is 0.677. The number of carbonyl (C=O) groups excluding carboxylic acids is 1. The number of rotatable bonds is 2. The molecule has 0 saturated heterocycles. The van der Waals surface area contributed by atoms with Gasteiger partial charge in [0.15, 0.2) is 0 Å². The molecule has 1 aromatic carbocycles. The van der Waals surface area contributed by atoms with Crippen LogP contribution in [0.1, 0.15) is 20.7 Å². The maximum absolute atomic E-state index is 10.4. The summed E-state index contributed by atoms with van der Waals surface area (Å²) in [7, 11) is 0. The van der Waals surface area contributed by atoms with Crippen LogP contribution in [-0.4, -0.2) is 17.0 Å². The number of benzene rings is 1. The molecule has 13 heavy (non-hydrogen) atoms. The summed E-state index contributed by atoms with van der Waals surface area (Å²) in [6, 6.07) is 5.00. The summed E-state index contributed by atoms with van der Waals surface area (Å²) < 4.78 is 0. The molecule has 5 N–H and O–H groups in total. The predicted octanol–water partition coefficient (Wildman–Crippen LogP) is 0.124. The summed E-state index contributed by atoms with van der Waals surface area (Å²) in [4.78, 5) is 20.6. The molecule has 1 rings (SSSR count). The van der Waals surface area contributed by atoms with Crippen LogP contribution >= 0.6 is 0 Å². The van der Waals surface area contributed by atoms with Gasteiger partial charge < -0.3 is 21.2 Å². The summed E-state index contributed by atoms with van der Waals surface area (Å²) in [6.07, 6.45) is 0. The Morgan fingerprint density at radius 1 is 1.23 bits per heavy atom.